The van der Waals surface area contributed by atoms with Gasteiger partial charge in [-0.1, -0.05) is 54.2 Å². The van der Waals surface area contributed by atoms with Crippen molar-refractivity contribution >= 4 is 22.5 Å². The van der Waals surface area contributed by atoms with Crippen LogP contribution < -0.4 is 0 Å². The summed E-state index contributed by atoms with van der Waals surface area (Å²) in [6, 6.07) is 23.0. The maximum atomic E-state index is 9.52. The molecule has 2 heteroatoms. The molecular formula is C18H16OS. The van der Waals surface area contributed by atoms with Crippen LogP contribution in [0.2, 0.25) is 0 Å². The van der Waals surface area contributed by atoms with Gasteiger partial charge in [0.1, 0.15) is 0 Å². The first-order chi connectivity index (χ1) is 9.72. The number of benzene rings is 3. The molecule has 1 nitrogen and oxygen atoms in total. The quantitative estimate of drug-likeness (QED) is 0.725. The molecule has 1 unspecified atom stereocenters. The number of hydrogen-bond acceptors (Lipinski definition) is 2. The third kappa shape index (κ3) is 2.87. The highest BCUT2D eigenvalue weighted by Gasteiger charge is 2.02. The van der Waals surface area contributed by atoms with E-state index in [0.717, 1.165) is 5.56 Å². The number of aliphatic hydroxyl groups is 1. The Hall–Kier alpha value is -1.77. The average molecular weight is 280 g/mol. The van der Waals surface area contributed by atoms with Gasteiger partial charge >= 0.3 is 0 Å². The van der Waals surface area contributed by atoms with Crippen molar-refractivity contribution in [2.24, 2.45) is 0 Å². The Balaban J connectivity index is 1.85. The van der Waals surface area contributed by atoms with Gasteiger partial charge < -0.3 is 5.11 Å². The minimum Gasteiger partial charge on any atom is -0.389 e. The van der Waals surface area contributed by atoms with Gasteiger partial charge in [-0.2, -0.15) is 0 Å². The fourth-order valence-electron chi connectivity index (χ4n) is 2.18. The van der Waals surface area contributed by atoms with Crippen LogP contribution in [0.4, 0.5) is 0 Å². The van der Waals surface area contributed by atoms with Crippen molar-refractivity contribution in [3.8, 4) is 0 Å². The van der Waals surface area contributed by atoms with Crippen LogP contribution in [0, 0.1) is 0 Å². The molecule has 0 spiro atoms. The van der Waals surface area contributed by atoms with E-state index in [0.29, 0.717) is 0 Å². The van der Waals surface area contributed by atoms with E-state index in [1.165, 1.54) is 20.6 Å². The number of rotatable bonds is 3. The highest BCUT2D eigenvalue weighted by molar-refractivity contribution is 7.99. The number of aliphatic hydroxyl groups excluding tert-OH is 1. The van der Waals surface area contributed by atoms with Crippen LogP contribution in [0.3, 0.4) is 0 Å². The Morgan fingerprint density at radius 1 is 0.800 bits per heavy atom. The number of hydrogen-bond donors (Lipinski definition) is 1. The average Bonchev–Trinajstić information content (AvgIpc) is 2.48. The fourth-order valence-corrected chi connectivity index (χ4v) is 3.05. The minimum atomic E-state index is -0.408. The summed E-state index contributed by atoms with van der Waals surface area (Å²) in [6.45, 7) is 1.78. The van der Waals surface area contributed by atoms with Gasteiger partial charge in [-0.15, -0.1) is 0 Å². The third-order valence-electron chi connectivity index (χ3n) is 3.32. The zero-order chi connectivity index (χ0) is 13.9. The molecule has 100 valence electrons. The van der Waals surface area contributed by atoms with Gasteiger partial charge in [0, 0.05) is 9.79 Å². The summed E-state index contributed by atoms with van der Waals surface area (Å²) >= 11 is 1.74. The Morgan fingerprint density at radius 3 is 2.15 bits per heavy atom. The molecule has 0 amide bonds. The lowest BCUT2D eigenvalue weighted by molar-refractivity contribution is 0.199. The first-order valence-electron chi connectivity index (χ1n) is 6.67. The van der Waals surface area contributed by atoms with Crippen LogP contribution in [-0.2, 0) is 0 Å². The van der Waals surface area contributed by atoms with Crippen molar-refractivity contribution in [3.63, 3.8) is 0 Å². The van der Waals surface area contributed by atoms with Crippen molar-refractivity contribution in [2.45, 2.75) is 22.8 Å². The monoisotopic (exact) mass is 280 g/mol. The predicted molar refractivity (Wildman–Crippen MR) is 85.1 cm³/mol. The van der Waals surface area contributed by atoms with Gasteiger partial charge in [-0.3, -0.25) is 0 Å². The molecule has 0 aliphatic rings. The van der Waals surface area contributed by atoms with Gasteiger partial charge in [-0.25, -0.2) is 0 Å². The largest absolute Gasteiger partial charge is 0.389 e. The van der Waals surface area contributed by atoms with Gasteiger partial charge in [-0.05, 0) is 47.5 Å². The SMILES string of the molecule is CC(O)c1ccc(Sc2ccc3ccccc3c2)cc1. The lowest BCUT2D eigenvalue weighted by Gasteiger charge is -2.07. The summed E-state index contributed by atoms with van der Waals surface area (Å²) < 4.78 is 0. The van der Waals surface area contributed by atoms with E-state index < -0.39 is 6.10 Å². The highest BCUT2D eigenvalue weighted by Crippen LogP contribution is 2.30. The minimum absolute atomic E-state index is 0.408. The van der Waals surface area contributed by atoms with Crippen molar-refractivity contribution in [1.82, 2.24) is 0 Å². The van der Waals surface area contributed by atoms with Crippen LogP contribution in [0.25, 0.3) is 10.8 Å². The van der Waals surface area contributed by atoms with Crippen LogP contribution in [0.1, 0.15) is 18.6 Å². The van der Waals surface area contributed by atoms with Crippen molar-refractivity contribution in [3.05, 3.63) is 72.3 Å². The lowest BCUT2D eigenvalue weighted by Crippen LogP contribution is -1.89. The molecular weight excluding hydrogens is 264 g/mol. The summed E-state index contributed by atoms with van der Waals surface area (Å²) in [5.41, 5.74) is 0.952. The van der Waals surface area contributed by atoms with E-state index in [4.69, 9.17) is 0 Å². The van der Waals surface area contributed by atoms with E-state index in [1.807, 2.05) is 12.1 Å². The summed E-state index contributed by atoms with van der Waals surface area (Å²) in [5, 5.41) is 12.0. The first kappa shape index (κ1) is 13.2. The van der Waals surface area contributed by atoms with Gasteiger partial charge in [0.15, 0.2) is 0 Å². The lowest BCUT2D eigenvalue weighted by atomic mass is 10.1. The highest BCUT2D eigenvalue weighted by atomic mass is 32.2. The molecule has 0 fully saturated rings. The Bertz CT molecular complexity index is 717. The van der Waals surface area contributed by atoms with Crippen LogP contribution in [-0.4, -0.2) is 5.11 Å². The molecule has 1 N–H and O–H groups in total. The molecule has 0 radical (unpaired) electrons. The molecule has 0 heterocycles. The van der Waals surface area contributed by atoms with E-state index in [2.05, 4.69) is 54.6 Å². The molecule has 0 aliphatic heterocycles. The zero-order valence-electron chi connectivity index (χ0n) is 11.3. The van der Waals surface area contributed by atoms with Crippen molar-refractivity contribution in [2.75, 3.05) is 0 Å². The molecule has 3 aromatic rings. The standard InChI is InChI=1S/C18H16OS/c1-13(19)14-6-9-17(10-7-14)20-18-11-8-15-4-2-3-5-16(15)12-18/h2-13,19H,1H3. The van der Waals surface area contributed by atoms with Crippen molar-refractivity contribution < 1.29 is 5.11 Å². The smallest absolute Gasteiger partial charge is 0.0761 e. The molecule has 1 atom stereocenters. The summed E-state index contributed by atoms with van der Waals surface area (Å²) in [6.07, 6.45) is -0.408. The Morgan fingerprint density at radius 2 is 1.45 bits per heavy atom. The van der Waals surface area contributed by atoms with Crippen molar-refractivity contribution in [1.29, 1.82) is 0 Å². The predicted octanol–water partition coefficient (Wildman–Crippen LogP) is 5.04. The number of fused-ring (bicyclic) bond motifs is 1. The first-order valence-corrected chi connectivity index (χ1v) is 7.49. The summed E-state index contributed by atoms with van der Waals surface area (Å²) in [7, 11) is 0. The van der Waals surface area contributed by atoms with E-state index >= 15 is 0 Å². The van der Waals surface area contributed by atoms with Crippen LogP contribution >= 0.6 is 11.8 Å². The molecule has 3 aromatic carbocycles. The topological polar surface area (TPSA) is 20.2 Å². The molecule has 0 saturated carbocycles. The molecule has 0 aliphatic carbocycles. The van der Waals surface area contributed by atoms with E-state index in [1.54, 1.807) is 18.7 Å². The van der Waals surface area contributed by atoms with Gasteiger partial charge in [0.25, 0.3) is 0 Å². The van der Waals surface area contributed by atoms with Gasteiger partial charge in [0.05, 0.1) is 6.10 Å². The zero-order valence-corrected chi connectivity index (χ0v) is 12.1. The second-order valence-electron chi connectivity index (χ2n) is 4.86. The molecule has 0 aromatic heterocycles. The summed E-state index contributed by atoms with van der Waals surface area (Å²) in [5.74, 6) is 0. The van der Waals surface area contributed by atoms with Gasteiger partial charge in [0.2, 0.25) is 0 Å². The molecule has 20 heavy (non-hydrogen) atoms. The van der Waals surface area contributed by atoms with E-state index in [9.17, 15) is 5.11 Å². The second-order valence-corrected chi connectivity index (χ2v) is 6.00. The van der Waals surface area contributed by atoms with Crippen LogP contribution in [0.15, 0.2) is 76.5 Å². The molecule has 0 bridgehead atoms. The fraction of sp³-hybridized carbons (Fsp3) is 0.111. The van der Waals surface area contributed by atoms with E-state index in [-0.39, 0.29) is 0 Å². The summed E-state index contributed by atoms with van der Waals surface area (Å²) in [4.78, 5) is 2.41. The maximum absolute atomic E-state index is 9.52. The Kier molecular flexibility index (Phi) is 3.77. The molecule has 3 rings (SSSR count). The third-order valence-corrected chi connectivity index (χ3v) is 4.32. The second kappa shape index (κ2) is 5.70. The molecule has 0 saturated heterocycles. The Labute approximate surface area is 123 Å². The normalized spacial score (nSPS) is 12.5. The van der Waals surface area contributed by atoms with Crippen LogP contribution in [0.5, 0.6) is 0 Å². The maximum Gasteiger partial charge on any atom is 0.0761 e.